The van der Waals surface area contributed by atoms with E-state index in [0.29, 0.717) is 17.0 Å². The lowest BCUT2D eigenvalue weighted by atomic mass is 10.1. The average Bonchev–Trinajstić information content (AvgIpc) is 2.67. The van der Waals surface area contributed by atoms with Gasteiger partial charge in [0.15, 0.2) is 5.11 Å². The Bertz CT molecular complexity index is 1010. The molecule has 2 aromatic carbocycles. The van der Waals surface area contributed by atoms with Gasteiger partial charge in [0.1, 0.15) is 17.4 Å². The normalized spacial score (nSPS) is 16.6. The fraction of sp³-hybridized carbons (Fsp3) is 0.143. The van der Waals surface area contributed by atoms with Gasteiger partial charge in [-0.05, 0) is 62.0 Å². The Kier molecular flexibility index (Phi) is 5.74. The van der Waals surface area contributed by atoms with Crippen molar-refractivity contribution in [3.05, 3.63) is 65.2 Å². The van der Waals surface area contributed by atoms with Crippen molar-refractivity contribution < 1.29 is 24.2 Å². The number of carbonyl (C=O) groups excluding carboxylic acids is 3. The highest BCUT2D eigenvalue weighted by Crippen LogP contribution is 2.23. The summed E-state index contributed by atoms with van der Waals surface area (Å²) in [7, 11) is 0. The standard InChI is InChI=1S/C21H18N2O5S/c1-12-3-7-15(8-4-12)23-19(25)17(18(24)22-21(23)29)11-14-5-9-16(10-6-14)28-13(2)20(26)27/h3-11,13H,1-2H3,(H,26,27)(H,22,24,29)/p-1/b17-11-/t13-/m0/s1. The molecule has 1 fully saturated rings. The first kappa shape index (κ1) is 20.2. The second kappa shape index (κ2) is 8.24. The van der Waals surface area contributed by atoms with Crippen molar-refractivity contribution in [1.82, 2.24) is 5.32 Å². The van der Waals surface area contributed by atoms with Gasteiger partial charge in [0.05, 0.1) is 11.7 Å². The molecule has 1 saturated heterocycles. The van der Waals surface area contributed by atoms with Crippen LogP contribution in [0.1, 0.15) is 18.1 Å². The van der Waals surface area contributed by atoms with Crippen molar-refractivity contribution in [2.75, 3.05) is 4.90 Å². The lowest BCUT2D eigenvalue weighted by Gasteiger charge is -2.29. The number of hydrogen-bond donors (Lipinski definition) is 1. The van der Waals surface area contributed by atoms with Gasteiger partial charge in [-0.25, -0.2) is 0 Å². The first-order valence-corrected chi connectivity index (χ1v) is 9.13. The van der Waals surface area contributed by atoms with E-state index in [4.69, 9.17) is 17.0 Å². The Labute approximate surface area is 172 Å². The third kappa shape index (κ3) is 4.49. The highest BCUT2D eigenvalue weighted by atomic mass is 32.1. The smallest absolute Gasteiger partial charge is 0.270 e. The van der Waals surface area contributed by atoms with E-state index in [9.17, 15) is 19.5 Å². The molecule has 148 valence electrons. The number of benzene rings is 2. The fourth-order valence-corrected chi connectivity index (χ4v) is 2.93. The number of anilines is 1. The molecule has 1 N–H and O–H groups in total. The van der Waals surface area contributed by atoms with Crippen LogP contribution in [0.15, 0.2) is 54.1 Å². The zero-order chi connectivity index (χ0) is 21.1. The largest absolute Gasteiger partial charge is 0.546 e. The van der Waals surface area contributed by atoms with Gasteiger partial charge < -0.3 is 14.6 Å². The van der Waals surface area contributed by atoms with Gasteiger partial charge in [0, 0.05) is 0 Å². The second-order valence-corrected chi connectivity index (χ2v) is 6.83. The summed E-state index contributed by atoms with van der Waals surface area (Å²) in [6.07, 6.45) is 0.334. The van der Waals surface area contributed by atoms with Crippen molar-refractivity contribution in [2.24, 2.45) is 0 Å². The predicted octanol–water partition coefficient (Wildman–Crippen LogP) is 1.34. The van der Waals surface area contributed by atoms with Crippen LogP contribution in [0.5, 0.6) is 5.75 Å². The maximum Gasteiger partial charge on any atom is 0.270 e. The van der Waals surface area contributed by atoms with E-state index in [0.717, 1.165) is 5.56 Å². The number of thiocarbonyl (C=S) groups is 1. The Morgan fingerprint density at radius 1 is 1.14 bits per heavy atom. The molecule has 1 heterocycles. The molecule has 8 heteroatoms. The van der Waals surface area contributed by atoms with Gasteiger partial charge in [-0.15, -0.1) is 0 Å². The van der Waals surface area contributed by atoms with Crippen LogP contribution >= 0.6 is 12.2 Å². The topological polar surface area (TPSA) is 98.8 Å². The molecule has 2 amide bonds. The summed E-state index contributed by atoms with van der Waals surface area (Å²) in [5, 5.41) is 13.3. The third-order valence-electron chi connectivity index (χ3n) is 4.23. The lowest BCUT2D eigenvalue weighted by Crippen LogP contribution is -2.54. The van der Waals surface area contributed by atoms with Gasteiger partial charge in [-0.1, -0.05) is 29.8 Å². The number of nitrogens with zero attached hydrogens (tertiary/aromatic N) is 1. The number of aryl methyl sites for hydroxylation is 1. The zero-order valence-corrected chi connectivity index (χ0v) is 16.5. The minimum atomic E-state index is -1.33. The molecule has 3 rings (SSSR count). The number of carbonyl (C=O) groups is 3. The van der Waals surface area contributed by atoms with Gasteiger partial charge in [-0.3, -0.25) is 19.8 Å². The van der Waals surface area contributed by atoms with Gasteiger partial charge in [0.2, 0.25) is 0 Å². The van der Waals surface area contributed by atoms with Crippen molar-refractivity contribution in [1.29, 1.82) is 0 Å². The number of aliphatic carboxylic acids is 1. The number of carboxylic acid groups (broad SMARTS) is 1. The van der Waals surface area contributed by atoms with E-state index >= 15 is 0 Å². The fourth-order valence-electron chi connectivity index (χ4n) is 2.65. The van der Waals surface area contributed by atoms with Crippen molar-refractivity contribution >= 4 is 46.9 Å². The van der Waals surface area contributed by atoms with Crippen LogP contribution in [-0.4, -0.2) is 29.0 Å². The summed E-state index contributed by atoms with van der Waals surface area (Å²) in [5.41, 5.74) is 2.07. The molecule has 0 aliphatic carbocycles. The molecule has 0 saturated carbocycles. The molecule has 29 heavy (non-hydrogen) atoms. The number of ether oxygens (including phenoxy) is 1. The molecule has 0 aromatic heterocycles. The SMILES string of the molecule is Cc1ccc(N2C(=O)/C(=C\c3ccc(O[C@@H](C)C(=O)[O-])cc3)C(=O)NC2=S)cc1. The van der Waals surface area contributed by atoms with Crippen LogP contribution in [-0.2, 0) is 14.4 Å². The molecule has 1 aliphatic rings. The van der Waals surface area contributed by atoms with Crippen LogP contribution in [0.2, 0.25) is 0 Å². The van der Waals surface area contributed by atoms with Crippen LogP contribution in [0.25, 0.3) is 6.08 Å². The molecule has 0 spiro atoms. The third-order valence-corrected chi connectivity index (χ3v) is 4.51. The average molecular weight is 409 g/mol. The van der Waals surface area contributed by atoms with Crippen molar-refractivity contribution in [3.8, 4) is 5.75 Å². The quantitative estimate of drug-likeness (QED) is 0.455. The summed E-state index contributed by atoms with van der Waals surface area (Å²) < 4.78 is 5.21. The summed E-state index contributed by atoms with van der Waals surface area (Å²) in [5.74, 6) is -2.12. The van der Waals surface area contributed by atoms with E-state index in [1.807, 2.05) is 19.1 Å². The van der Waals surface area contributed by atoms with E-state index in [1.54, 1.807) is 36.4 Å². The molecular formula is C21H17N2O5S-. The number of amides is 2. The summed E-state index contributed by atoms with van der Waals surface area (Å²) in [6, 6.07) is 13.5. The van der Waals surface area contributed by atoms with Crippen molar-refractivity contribution in [3.63, 3.8) is 0 Å². The van der Waals surface area contributed by atoms with Crippen LogP contribution in [0, 0.1) is 6.92 Å². The second-order valence-electron chi connectivity index (χ2n) is 6.44. The Hall–Kier alpha value is -3.52. The number of hydrogen-bond acceptors (Lipinski definition) is 6. The molecule has 0 radical (unpaired) electrons. The number of nitrogens with one attached hydrogen (secondary N) is 1. The van der Waals surface area contributed by atoms with E-state index in [2.05, 4.69) is 5.32 Å². The molecule has 0 bridgehead atoms. The first-order valence-electron chi connectivity index (χ1n) is 8.72. The lowest BCUT2D eigenvalue weighted by molar-refractivity contribution is -0.312. The first-order chi connectivity index (χ1) is 13.8. The maximum absolute atomic E-state index is 12.9. The Morgan fingerprint density at radius 3 is 2.34 bits per heavy atom. The van der Waals surface area contributed by atoms with Crippen molar-refractivity contribution in [2.45, 2.75) is 20.0 Å². The van der Waals surface area contributed by atoms with E-state index < -0.39 is 23.9 Å². The zero-order valence-electron chi connectivity index (χ0n) is 15.7. The van der Waals surface area contributed by atoms with Crippen LogP contribution in [0.3, 0.4) is 0 Å². The van der Waals surface area contributed by atoms with Crippen LogP contribution in [0.4, 0.5) is 5.69 Å². The van der Waals surface area contributed by atoms with Gasteiger partial charge in [0.25, 0.3) is 11.8 Å². The Morgan fingerprint density at radius 2 is 1.76 bits per heavy atom. The van der Waals surface area contributed by atoms with E-state index in [-0.39, 0.29) is 10.7 Å². The molecular weight excluding hydrogens is 392 g/mol. The molecule has 1 atom stereocenters. The minimum Gasteiger partial charge on any atom is -0.546 e. The molecule has 2 aromatic rings. The van der Waals surface area contributed by atoms with Gasteiger partial charge >= 0.3 is 0 Å². The highest BCUT2D eigenvalue weighted by Gasteiger charge is 2.34. The van der Waals surface area contributed by atoms with Gasteiger partial charge in [-0.2, -0.15) is 0 Å². The summed E-state index contributed by atoms with van der Waals surface area (Å²) in [4.78, 5) is 37.3. The molecule has 7 nitrogen and oxygen atoms in total. The summed E-state index contributed by atoms with van der Waals surface area (Å²) in [6.45, 7) is 3.28. The molecule has 0 unspecified atom stereocenters. The summed E-state index contributed by atoms with van der Waals surface area (Å²) >= 11 is 5.17. The predicted molar refractivity (Wildman–Crippen MR) is 109 cm³/mol. The van der Waals surface area contributed by atoms with E-state index in [1.165, 1.54) is 17.9 Å². The monoisotopic (exact) mass is 409 g/mol. The molecule has 1 aliphatic heterocycles. The minimum absolute atomic E-state index is 0.0148. The van der Waals surface area contributed by atoms with Crippen LogP contribution < -0.4 is 20.1 Å². The number of rotatable bonds is 5. The highest BCUT2D eigenvalue weighted by molar-refractivity contribution is 7.80. The maximum atomic E-state index is 12.9. The number of carboxylic acids is 1. The Balaban J connectivity index is 1.86.